The van der Waals surface area contributed by atoms with Crippen molar-refractivity contribution in [1.82, 2.24) is 0 Å². The number of benzene rings is 1. The number of hydrogen-bond acceptors (Lipinski definition) is 3. The van der Waals surface area contributed by atoms with E-state index in [2.05, 4.69) is 15.9 Å². The number of nitrogens with one attached hydrogen (secondary N) is 1. The van der Waals surface area contributed by atoms with E-state index in [9.17, 15) is 27.7 Å². The molecule has 1 aromatic carbocycles. The number of halogens is 5. The highest BCUT2D eigenvalue weighted by Gasteiger charge is 2.40. The van der Waals surface area contributed by atoms with Crippen LogP contribution in [-0.2, 0) is 0 Å². The zero-order valence-corrected chi connectivity index (χ0v) is 10.3. The lowest BCUT2D eigenvalue weighted by Crippen LogP contribution is -2.34. The molecule has 1 rings (SSSR count). The highest BCUT2D eigenvalue weighted by Crippen LogP contribution is 2.30. The molecule has 0 fully saturated rings. The van der Waals surface area contributed by atoms with Gasteiger partial charge in [0.25, 0.3) is 5.69 Å². The molecule has 1 N–H and O–H groups in total. The molecule has 0 unspecified atom stereocenters. The van der Waals surface area contributed by atoms with E-state index in [-0.39, 0.29) is 5.69 Å². The number of nitro benzene ring substituents is 1. The molecule has 0 saturated heterocycles. The second kappa shape index (κ2) is 5.51. The quantitative estimate of drug-likeness (QED) is 0.509. The molecular formula is C9H7BrF4N2O2. The summed E-state index contributed by atoms with van der Waals surface area (Å²) in [6.07, 6.45) is -3.83. The van der Waals surface area contributed by atoms with Gasteiger partial charge in [-0.15, -0.1) is 0 Å². The van der Waals surface area contributed by atoms with Crippen LogP contribution in [0.4, 0.5) is 28.9 Å². The Bertz CT molecular complexity index is 456. The molecule has 0 aliphatic heterocycles. The fourth-order valence-corrected chi connectivity index (χ4v) is 1.44. The molecule has 0 aliphatic rings. The Labute approximate surface area is 107 Å². The Morgan fingerprint density at radius 3 is 2.56 bits per heavy atom. The zero-order chi connectivity index (χ0) is 13.9. The number of nitro groups is 1. The summed E-state index contributed by atoms with van der Waals surface area (Å²) < 4.78 is 49.5. The van der Waals surface area contributed by atoms with Gasteiger partial charge < -0.3 is 5.32 Å². The lowest BCUT2D eigenvalue weighted by atomic mass is 10.2. The summed E-state index contributed by atoms with van der Waals surface area (Å²) in [4.78, 5) is 9.84. The van der Waals surface area contributed by atoms with Crippen LogP contribution in [0.25, 0.3) is 0 Å². The van der Waals surface area contributed by atoms with E-state index in [1.807, 2.05) is 5.32 Å². The van der Waals surface area contributed by atoms with Crippen molar-refractivity contribution in [3.8, 4) is 0 Å². The fourth-order valence-electron chi connectivity index (χ4n) is 1.10. The number of hydrogen-bond donors (Lipinski definition) is 1. The van der Waals surface area contributed by atoms with E-state index in [1.165, 1.54) is 6.07 Å². The molecule has 0 spiro atoms. The van der Waals surface area contributed by atoms with Crippen LogP contribution in [0.3, 0.4) is 0 Å². The molecule has 1 aromatic rings. The van der Waals surface area contributed by atoms with Crippen molar-refractivity contribution in [3.05, 3.63) is 32.8 Å². The summed E-state index contributed by atoms with van der Waals surface area (Å²) in [7, 11) is 0. The molecule has 0 bridgehead atoms. The molecule has 0 radical (unpaired) electrons. The van der Waals surface area contributed by atoms with Crippen molar-refractivity contribution in [1.29, 1.82) is 0 Å². The van der Waals surface area contributed by atoms with Gasteiger partial charge in [-0.3, -0.25) is 10.1 Å². The normalized spacial score (nSPS) is 11.7. The van der Waals surface area contributed by atoms with E-state index in [0.29, 0.717) is 4.47 Å². The van der Waals surface area contributed by atoms with Crippen LogP contribution in [0.15, 0.2) is 22.7 Å². The molecular weight excluding hydrogens is 324 g/mol. The predicted molar refractivity (Wildman–Crippen MR) is 60.2 cm³/mol. The van der Waals surface area contributed by atoms with Gasteiger partial charge in [-0.05, 0) is 12.1 Å². The lowest BCUT2D eigenvalue weighted by molar-refractivity contribution is -0.384. The standard InChI is InChI=1S/C9H7BrF4N2O2/c10-5-1-2-6(7(3-5)16(17)18)15-4-9(13,14)8(11)12/h1-3,8,15H,4H2. The molecule has 9 heteroatoms. The van der Waals surface area contributed by atoms with Crippen molar-refractivity contribution in [2.45, 2.75) is 12.3 Å². The van der Waals surface area contributed by atoms with Gasteiger partial charge in [0, 0.05) is 10.5 Å². The number of rotatable bonds is 5. The molecule has 0 saturated carbocycles. The van der Waals surface area contributed by atoms with Gasteiger partial charge in [0.2, 0.25) is 0 Å². The van der Waals surface area contributed by atoms with E-state index < -0.39 is 29.5 Å². The maximum absolute atomic E-state index is 12.7. The largest absolute Gasteiger partial charge is 0.373 e. The first-order valence-electron chi connectivity index (χ1n) is 4.58. The zero-order valence-electron chi connectivity index (χ0n) is 8.67. The first-order chi connectivity index (χ1) is 8.24. The highest BCUT2D eigenvalue weighted by molar-refractivity contribution is 9.10. The summed E-state index contributed by atoms with van der Waals surface area (Å²) >= 11 is 2.98. The van der Waals surface area contributed by atoms with E-state index in [4.69, 9.17) is 0 Å². The summed E-state index contributed by atoms with van der Waals surface area (Å²) in [5, 5.41) is 12.6. The van der Waals surface area contributed by atoms with Gasteiger partial charge >= 0.3 is 12.3 Å². The molecule has 100 valence electrons. The van der Waals surface area contributed by atoms with Crippen LogP contribution in [0.2, 0.25) is 0 Å². The molecule has 0 atom stereocenters. The van der Waals surface area contributed by atoms with E-state index in [0.717, 1.165) is 12.1 Å². The van der Waals surface area contributed by atoms with Crippen molar-refractivity contribution in [3.63, 3.8) is 0 Å². The second-order valence-electron chi connectivity index (χ2n) is 3.33. The average molecular weight is 331 g/mol. The summed E-state index contributed by atoms with van der Waals surface area (Å²) in [6, 6.07) is 3.61. The number of alkyl halides is 4. The molecule has 0 heterocycles. The van der Waals surface area contributed by atoms with Crippen LogP contribution >= 0.6 is 15.9 Å². The van der Waals surface area contributed by atoms with Crippen LogP contribution < -0.4 is 5.32 Å². The molecule has 0 amide bonds. The first-order valence-corrected chi connectivity index (χ1v) is 5.37. The predicted octanol–water partition coefficient (Wildman–Crippen LogP) is 3.67. The molecule has 18 heavy (non-hydrogen) atoms. The van der Waals surface area contributed by atoms with Crippen molar-refractivity contribution < 1.29 is 22.5 Å². The summed E-state index contributed by atoms with van der Waals surface area (Å²) in [5.41, 5.74) is -0.724. The number of nitrogens with zero attached hydrogens (tertiary/aromatic N) is 1. The Morgan fingerprint density at radius 2 is 2.06 bits per heavy atom. The SMILES string of the molecule is O=[N+]([O-])c1cc(Br)ccc1NCC(F)(F)C(F)F. The van der Waals surface area contributed by atoms with Crippen LogP contribution in [0.5, 0.6) is 0 Å². The van der Waals surface area contributed by atoms with Crippen molar-refractivity contribution >= 4 is 27.3 Å². The smallest absolute Gasteiger partial charge is 0.324 e. The minimum absolute atomic E-state index is 0.247. The van der Waals surface area contributed by atoms with Crippen LogP contribution in [0.1, 0.15) is 0 Å². The third-order valence-corrected chi connectivity index (χ3v) is 2.48. The molecule has 0 aromatic heterocycles. The topological polar surface area (TPSA) is 55.2 Å². The fraction of sp³-hybridized carbons (Fsp3) is 0.333. The van der Waals surface area contributed by atoms with E-state index >= 15 is 0 Å². The second-order valence-corrected chi connectivity index (χ2v) is 4.25. The minimum atomic E-state index is -4.25. The average Bonchev–Trinajstić information content (AvgIpc) is 2.27. The van der Waals surface area contributed by atoms with Gasteiger partial charge in [-0.25, -0.2) is 8.78 Å². The third-order valence-electron chi connectivity index (χ3n) is 1.99. The highest BCUT2D eigenvalue weighted by atomic mass is 79.9. The Balaban J connectivity index is 2.89. The summed E-state index contributed by atoms with van der Waals surface area (Å²) in [5.74, 6) is -4.25. The van der Waals surface area contributed by atoms with Gasteiger partial charge in [-0.1, -0.05) is 15.9 Å². The molecule has 4 nitrogen and oxygen atoms in total. The number of anilines is 1. The van der Waals surface area contributed by atoms with Crippen molar-refractivity contribution in [2.75, 3.05) is 11.9 Å². The van der Waals surface area contributed by atoms with E-state index in [1.54, 1.807) is 0 Å². The summed E-state index contributed by atoms with van der Waals surface area (Å²) in [6.45, 7) is -1.38. The minimum Gasteiger partial charge on any atom is -0.373 e. The first kappa shape index (κ1) is 14.7. The Hall–Kier alpha value is -1.38. The van der Waals surface area contributed by atoms with Crippen molar-refractivity contribution in [2.24, 2.45) is 0 Å². The van der Waals surface area contributed by atoms with Gasteiger partial charge in [0.15, 0.2) is 0 Å². The van der Waals surface area contributed by atoms with Gasteiger partial charge in [-0.2, -0.15) is 8.78 Å². The van der Waals surface area contributed by atoms with Gasteiger partial charge in [0.05, 0.1) is 11.5 Å². The Kier molecular flexibility index (Phi) is 4.49. The third kappa shape index (κ3) is 3.56. The maximum Gasteiger partial charge on any atom is 0.324 e. The van der Waals surface area contributed by atoms with Crippen LogP contribution in [-0.4, -0.2) is 23.8 Å². The Morgan fingerprint density at radius 1 is 1.44 bits per heavy atom. The maximum atomic E-state index is 12.7. The van der Waals surface area contributed by atoms with Gasteiger partial charge in [0.1, 0.15) is 5.69 Å². The molecule has 0 aliphatic carbocycles. The lowest BCUT2D eigenvalue weighted by Gasteiger charge is -2.16. The van der Waals surface area contributed by atoms with Crippen LogP contribution in [0, 0.1) is 10.1 Å². The monoisotopic (exact) mass is 330 g/mol.